The maximum Gasteiger partial charge on any atom is 0.264 e. The summed E-state index contributed by atoms with van der Waals surface area (Å²) in [6.45, 7) is 0.138. The molecule has 0 bridgehead atoms. The molecule has 1 aromatic heterocycles. The molecule has 34 heavy (non-hydrogen) atoms. The number of para-hydroxylation sites is 1. The molecule has 6 rings (SSSR count). The third-order valence-corrected chi connectivity index (χ3v) is 9.15. The molecule has 3 aromatic rings. The summed E-state index contributed by atoms with van der Waals surface area (Å²) in [5.41, 5.74) is 5.10. The van der Waals surface area contributed by atoms with Crippen molar-refractivity contribution in [3.63, 3.8) is 0 Å². The van der Waals surface area contributed by atoms with Crippen LogP contribution in [0.15, 0.2) is 42.5 Å². The van der Waals surface area contributed by atoms with Gasteiger partial charge in [0.15, 0.2) is 0 Å². The van der Waals surface area contributed by atoms with E-state index < -0.39 is 21.2 Å². The predicted octanol–water partition coefficient (Wildman–Crippen LogP) is 4.53. The third kappa shape index (κ3) is 3.60. The van der Waals surface area contributed by atoms with Gasteiger partial charge in [0, 0.05) is 16.5 Å². The molecule has 2 N–H and O–H groups in total. The molecule has 0 unspecified atom stereocenters. The van der Waals surface area contributed by atoms with Crippen LogP contribution in [0, 0.1) is 0 Å². The SMILES string of the molecule is O=C1Cn2c(c(C3CCCCC3)c3ccc(C(=O)NS(=O)(=O)C4CC4)cc32)-c2ccccc2N1. The van der Waals surface area contributed by atoms with Crippen molar-refractivity contribution in [2.24, 2.45) is 0 Å². The van der Waals surface area contributed by atoms with E-state index in [2.05, 4.69) is 10.0 Å². The van der Waals surface area contributed by atoms with Gasteiger partial charge in [-0.15, -0.1) is 0 Å². The number of benzene rings is 2. The number of nitrogens with one attached hydrogen (secondary N) is 2. The van der Waals surface area contributed by atoms with Gasteiger partial charge in [0.2, 0.25) is 15.9 Å². The molecule has 7 nitrogen and oxygen atoms in total. The number of fused-ring (bicyclic) bond motifs is 5. The van der Waals surface area contributed by atoms with Crippen molar-refractivity contribution in [1.29, 1.82) is 0 Å². The Bertz CT molecular complexity index is 1430. The molecular formula is C26H27N3O4S. The molecule has 2 aliphatic carbocycles. The van der Waals surface area contributed by atoms with Crippen molar-refractivity contribution in [1.82, 2.24) is 9.29 Å². The molecule has 2 saturated carbocycles. The molecule has 2 fully saturated rings. The fourth-order valence-corrected chi connectivity index (χ4v) is 6.86. The first kappa shape index (κ1) is 21.4. The van der Waals surface area contributed by atoms with E-state index in [1.807, 2.05) is 34.9 Å². The van der Waals surface area contributed by atoms with E-state index in [9.17, 15) is 18.0 Å². The van der Waals surface area contributed by atoms with E-state index in [0.717, 1.165) is 40.7 Å². The molecule has 2 amide bonds. The number of nitrogens with zero attached hydrogens (tertiary/aromatic N) is 1. The van der Waals surface area contributed by atoms with Gasteiger partial charge in [0.05, 0.1) is 22.1 Å². The largest absolute Gasteiger partial charge is 0.331 e. The Labute approximate surface area is 198 Å². The molecule has 8 heteroatoms. The quantitative estimate of drug-likeness (QED) is 0.577. The summed E-state index contributed by atoms with van der Waals surface area (Å²) in [4.78, 5) is 25.7. The minimum absolute atomic E-state index is 0.121. The number of carbonyl (C=O) groups is 2. The number of sulfonamides is 1. The number of rotatable bonds is 4. The third-order valence-electron chi connectivity index (χ3n) is 7.34. The van der Waals surface area contributed by atoms with Gasteiger partial charge in [-0.05, 0) is 55.4 Å². The van der Waals surface area contributed by atoms with Crippen molar-refractivity contribution >= 4 is 38.4 Å². The number of aromatic nitrogens is 1. The topological polar surface area (TPSA) is 97.3 Å². The molecule has 2 heterocycles. The number of anilines is 1. The van der Waals surface area contributed by atoms with Gasteiger partial charge in [0.1, 0.15) is 6.54 Å². The Morgan fingerprint density at radius 1 is 1.00 bits per heavy atom. The fraction of sp³-hybridized carbons (Fsp3) is 0.385. The second-order valence-corrected chi connectivity index (χ2v) is 11.6. The molecule has 0 atom stereocenters. The summed E-state index contributed by atoms with van der Waals surface area (Å²) in [7, 11) is -3.64. The Balaban J connectivity index is 1.54. The molecule has 2 aromatic carbocycles. The van der Waals surface area contributed by atoms with E-state index in [4.69, 9.17) is 0 Å². The molecular weight excluding hydrogens is 450 g/mol. The number of hydrogen-bond donors (Lipinski definition) is 2. The molecule has 0 radical (unpaired) electrons. The molecule has 3 aliphatic rings. The molecule has 176 valence electrons. The van der Waals surface area contributed by atoms with Crippen molar-refractivity contribution < 1.29 is 18.0 Å². The van der Waals surface area contributed by atoms with E-state index in [-0.39, 0.29) is 18.0 Å². The van der Waals surface area contributed by atoms with E-state index in [1.54, 1.807) is 12.1 Å². The zero-order valence-electron chi connectivity index (χ0n) is 18.8. The Morgan fingerprint density at radius 3 is 2.53 bits per heavy atom. The average Bonchev–Trinajstić information content (AvgIpc) is 3.65. The summed E-state index contributed by atoms with van der Waals surface area (Å²) in [5, 5.41) is 3.59. The molecule has 0 spiro atoms. The summed E-state index contributed by atoms with van der Waals surface area (Å²) >= 11 is 0. The lowest BCUT2D eigenvalue weighted by Gasteiger charge is -2.23. The van der Waals surface area contributed by atoms with Crippen LogP contribution in [-0.4, -0.2) is 30.0 Å². The molecule has 1 aliphatic heterocycles. The van der Waals surface area contributed by atoms with Crippen molar-refractivity contribution in [3.05, 3.63) is 53.6 Å². The maximum atomic E-state index is 12.9. The van der Waals surface area contributed by atoms with Crippen LogP contribution in [0.5, 0.6) is 0 Å². The van der Waals surface area contributed by atoms with Gasteiger partial charge in [-0.3, -0.25) is 9.59 Å². The Morgan fingerprint density at radius 2 is 1.76 bits per heavy atom. The van der Waals surface area contributed by atoms with Crippen LogP contribution in [-0.2, 0) is 21.4 Å². The first-order valence-electron chi connectivity index (χ1n) is 12.0. The summed E-state index contributed by atoms with van der Waals surface area (Å²) in [5.74, 6) is -0.366. The van der Waals surface area contributed by atoms with Gasteiger partial charge in [-0.1, -0.05) is 43.5 Å². The average molecular weight is 478 g/mol. The lowest BCUT2D eigenvalue weighted by atomic mass is 9.81. The monoisotopic (exact) mass is 477 g/mol. The van der Waals surface area contributed by atoms with Crippen molar-refractivity contribution in [2.75, 3.05) is 5.32 Å². The molecule has 0 saturated heterocycles. The normalized spacial score (nSPS) is 18.6. The first-order valence-corrected chi connectivity index (χ1v) is 13.6. The number of amides is 2. The summed E-state index contributed by atoms with van der Waals surface area (Å²) in [6.07, 6.45) is 6.96. The van der Waals surface area contributed by atoms with Crippen LogP contribution in [0.4, 0.5) is 5.69 Å². The lowest BCUT2D eigenvalue weighted by Crippen LogP contribution is -2.33. The van der Waals surface area contributed by atoms with Crippen LogP contribution in [0.2, 0.25) is 0 Å². The van der Waals surface area contributed by atoms with Crippen LogP contribution in [0.1, 0.15) is 66.8 Å². The Hall–Kier alpha value is -3.13. The smallest absolute Gasteiger partial charge is 0.264 e. The second kappa shape index (κ2) is 7.98. The van der Waals surface area contributed by atoms with Crippen LogP contribution in [0.25, 0.3) is 22.2 Å². The first-order chi connectivity index (χ1) is 16.4. The Kier molecular flexibility index (Phi) is 5.02. The number of carbonyl (C=O) groups excluding carboxylic acids is 2. The zero-order valence-corrected chi connectivity index (χ0v) is 19.7. The van der Waals surface area contributed by atoms with Crippen molar-refractivity contribution in [3.8, 4) is 11.3 Å². The van der Waals surface area contributed by atoms with E-state index in [0.29, 0.717) is 18.8 Å². The van der Waals surface area contributed by atoms with Gasteiger partial charge in [0.25, 0.3) is 5.91 Å². The van der Waals surface area contributed by atoms with Crippen LogP contribution in [0.3, 0.4) is 0 Å². The fourth-order valence-electron chi connectivity index (χ4n) is 5.56. The highest BCUT2D eigenvalue weighted by molar-refractivity contribution is 7.91. The maximum absolute atomic E-state index is 12.9. The van der Waals surface area contributed by atoms with Crippen molar-refractivity contribution in [2.45, 2.75) is 62.7 Å². The highest BCUT2D eigenvalue weighted by Crippen LogP contribution is 2.46. The highest BCUT2D eigenvalue weighted by Gasteiger charge is 2.37. The van der Waals surface area contributed by atoms with Crippen LogP contribution >= 0.6 is 0 Å². The zero-order chi connectivity index (χ0) is 23.4. The minimum Gasteiger partial charge on any atom is -0.331 e. The number of hydrogen-bond acceptors (Lipinski definition) is 4. The van der Waals surface area contributed by atoms with Gasteiger partial charge in [-0.25, -0.2) is 13.1 Å². The van der Waals surface area contributed by atoms with Crippen LogP contribution < -0.4 is 10.0 Å². The van der Waals surface area contributed by atoms with Gasteiger partial charge >= 0.3 is 0 Å². The van der Waals surface area contributed by atoms with Gasteiger partial charge < -0.3 is 9.88 Å². The summed E-state index contributed by atoms with van der Waals surface area (Å²) < 4.78 is 28.9. The van der Waals surface area contributed by atoms with E-state index >= 15 is 0 Å². The predicted molar refractivity (Wildman–Crippen MR) is 131 cm³/mol. The highest BCUT2D eigenvalue weighted by atomic mass is 32.2. The second-order valence-electron chi connectivity index (χ2n) is 9.68. The summed E-state index contributed by atoms with van der Waals surface area (Å²) in [6, 6.07) is 13.2. The minimum atomic E-state index is -3.64. The van der Waals surface area contributed by atoms with Gasteiger partial charge in [-0.2, -0.15) is 0 Å². The van der Waals surface area contributed by atoms with E-state index in [1.165, 1.54) is 24.8 Å². The lowest BCUT2D eigenvalue weighted by molar-refractivity contribution is -0.116. The standard InChI is InChI=1S/C26H27N3O4S/c30-23-15-29-22-14-17(26(31)28-34(32,33)18-11-12-18)10-13-20(22)24(16-6-2-1-3-7-16)25(29)19-8-4-5-9-21(19)27-23/h4-5,8-10,13-14,16,18H,1-3,6-7,11-12,15H2,(H,27,30)(H,28,31).